The minimum absolute atomic E-state index is 0.944. The van der Waals surface area contributed by atoms with Gasteiger partial charge in [-0.15, -0.1) is 0 Å². The van der Waals surface area contributed by atoms with Gasteiger partial charge in [-0.05, 0) is 0 Å². The molecule has 0 unspecified atom stereocenters. The van der Waals surface area contributed by atoms with E-state index in [9.17, 15) is 0 Å². The Morgan fingerprint density at radius 1 is 0.646 bits per heavy atom. The number of hydrogen-bond acceptors (Lipinski definition) is 4. The molecule has 6 aromatic rings. The molecule has 0 atom stereocenters. The van der Waals surface area contributed by atoms with E-state index in [1.54, 1.807) is 0 Å². The van der Waals surface area contributed by atoms with Crippen molar-refractivity contribution in [1.82, 2.24) is 48.5 Å². The molecule has 48 heavy (non-hydrogen) atoms. The van der Waals surface area contributed by atoms with Crippen molar-refractivity contribution >= 4 is 0 Å². The van der Waals surface area contributed by atoms with Crippen LogP contribution in [-0.4, -0.2) is 78.5 Å². The molecule has 0 N–H and O–H groups in total. The van der Waals surface area contributed by atoms with Crippen molar-refractivity contribution in [1.29, 1.82) is 0 Å². The summed E-state index contributed by atoms with van der Waals surface area (Å²) in [6, 6.07) is 26.7. The van der Waals surface area contributed by atoms with E-state index >= 15 is 0 Å². The third kappa shape index (κ3) is 10.3. The SMILES string of the molecule is Cc1cc(CCN(C)CCn2ccn(-c3[c-]cccc3)[c]2=[Pt])n[n-]1.Cc1cc(CCN(C)CCn2ccn(-c3[c-]cccc3)[c]2=[Pt])n[n-]1. The Bertz CT molecular complexity index is 1800. The molecule has 0 saturated heterocycles. The zero-order valence-electron chi connectivity index (χ0n) is 27.8. The van der Waals surface area contributed by atoms with Crippen LogP contribution in [0.15, 0.2) is 85.5 Å². The summed E-state index contributed by atoms with van der Waals surface area (Å²) >= 11 is 4.74. The monoisotopic (exact) mass is 1000 g/mol. The van der Waals surface area contributed by atoms with Crippen LogP contribution >= 0.6 is 0 Å². The van der Waals surface area contributed by atoms with E-state index in [0.717, 1.165) is 86.3 Å². The number of aryl methyl sites for hydroxylation is 2. The average Bonchev–Trinajstić information content (AvgIpc) is 3.90. The average molecular weight is 1000 g/mol. The van der Waals surface area contributed by atoms with Crippen LogP contribution in [0, 0.1) is 33.6 Å². The molecule has 260 valence electrons. The van der Waals surface area contributed by atoms with E-state index < -0.39 is 0 Å². The third-order valence-corrected chi connectivity index (χ3v) is 10.3. The molecule has 10 nitrogen and oxygen atoms in total. The Labute approximate surface area is 304 Å². The molecule has 6 rings (SSSR count). The zero-order chi connectivity index (χ0) is 33.9. The van der Waals surface area contributed by atoms with Gasteiger partial charge in [0.15, 0.2) is 0 Å². The Balaban J connectivity index is 0.000000188. The molecule has 0 spiro atoms. The standard InChI is InChI=1S/2C18H21N5.2Pt/c2*1-16-14-17(20-19-16)8-9-21(2)10-11-22-12-13-23(15-22)18-6-4-3-5-7-18;;/h2*3-6,12-14H,8-11H2,1-2H3;;/q2*-2;;. The topological polar surface area (TPSA) is 80.2 Å². The summed E-state index contributed by atoms with van der Waals surface area (Å²) in [4.78, 5) is 4.67. The van der Waals surface area contributed by atoms with Crippen molar-refractivity contribution < 1.29 is 38.7 Å². The quantitative estimate of drug-likeness (QED) is 0.154. The minimum atomic E-state index is 0.944. The fourth-order valence-corrected chi connectivity index (χ4v) is 6.78. The molecule has 0 aliphatic rings. The summed E-state index contributed by atoms with van der Waals surface area (Å²) in [5.74, 6) is 0. The Kier molecular flexibility index (Phi) is 13.3. The maximum atomic E-state index is 4.17. The number of hydrogen-bond donors (Lipinski definition) is 0. The van der Waals surface area contributed by atoms with Gasteiger partial charge in [-0.25, -0.2) is 0 Å². The summed E-state index contributed by atoms with van der Waals surface area (Å²) in [5, 5.41) is 16.4. The molecule has 4 heterocycles. The number of imidazole rings is 2. The van der Waals surface area contributed by atoms with E-state index in [1.807, 2.05) is 50.2 Å². The van der Waals surface area contributed by atoms with E-state index in [2.05, 4.69) is 162 Å². The van der Waals surface area contributed by atoms with Crippen LogP contribution in [0.2, 0.25) is 0 Å². The normalized spacial score (nSPS) is 11.4. The van der Waals surface area contributed by atoms with Crippen LogP contribution in [0.1, 0.15) is 22.8 Å². The molecule has 12 heteroatoms. The first-order valence-electron chi connectivity index (χ1n) is 16.0. The molecule has 0 aliphatic carbocycles. The Hall–Kier alpha value is -3.42. The molecule has 2 aromatic carbocycles. The van der Waals surface area contributed by atoms with Gasteiger partial charge in [0, 0.05) is 0 Å². The fraction of sp³-hybridized carbons (Fsp3) is 0.333. The van der Waals surface area contributed by atoms with Crippen LogP contribution < -0.4 is 10.2 Å². The van der Waals surface area contributed by atoms with Gasteiger partial charge in [0.2, 0.25) is 0 Å². The summed E-state index contributed by atoms with van der Waals surface area (Å²) in [6.45, 7) is 9.85. The fourth-order valence-electron chi connectivity index (χ4n) is 5.05. The van der Waals surface area contributed by atoms with E-state index in [4.69, 9.17) is 0 Å². The predicted molar refractivity (Wildman–Crippen MR) is 179 cm³/mol. The Morgan fingerprint density at radius 2 is 1.08 bits per heavy atom. The van der Waals surface area contributed by atoms with Crippen LogP contribution in [0.3, 0.4) is 0 Å². The van der Waals surface area contributed by atoms with Crippen molar-refractivity contribution in [3.63, 3.8) is 0 Å². The van der Waals surface area contributed by atoms with Crippen molar-refractivity contribution in [3.05, 3.63) is 128 Å². The number of para-hydroxylation sites is 2. The zero-order valence-corrected chi connectivity index (χ0v) is 32.4. The summed E-state index contributed by atoms with van der Waals surface area (Å²) in [5.41, 5.74) is 6.29. The first kappa shape index (κ1) is 35.9. The second-order valence-electron chi connectivity index (χ2n) is 11.8. The number of nitrogens with zero attached hydrogens (tertiary/aromatic N) is 10. The molecule has 0 saturated carbocycles. The second kappa shape index (κ2) is 17.8. The number of likely N-dealkylation sites (N-methyl/N-ethyl adjacent to an activating group) is 2. The van der Waals surface area contributed by atoms with Crippen molar-refractivity contribution in [3.8, 4) is 11.4 Å². The van der Waals surface area contributed by atoms with Gasteiger partial charge in [-0.2, -0.15) is 0 Å². The first-order valence-corrected chi connectivity index (χ1v) is 18.2. The second-order valence-corrected chi connectivity index (χ2v) is 13.8. The van der Waals surface area contributed by atoms with Crippen LogP contribution in [0.25, 0.3) is 11.4 Å². The first-order chi connectivity index (χ1) is 23.3. The molecule has 0 bridgehead atoms. The molecule has 0 fully saturated rings. The maximum absolute atomic E-state index is 4.17. The van der Waals surface area contributed by atoms with Gasteiger partial charge in [0.25, 0.3) is 0 Å². The van der Waals surface area contributed by atoms with Crippen molar-refractivity contribution in [2.75, 3.05) is 40.3 Å². The predicted octanol–water partition coefficient (Wildman–Crippen LogP) is 3.99. The molecule has 0 amide bonds. The Morgan fingerprint density at radius 3 is 1.44 bits per heavy atom. The number of benzene rings is 2. The van der Waals surface area contributed by atoms with Gasteiger partial charge in [-0.1, -0.05) is 0 Å². The van der Waals surface area contributed by atoms with Crippen molar-refractivity contribution in [2.45, 2.75) is 39.8 Å². The summed E-state index contributed by atoms with van der Waals surface area (Å²) in [6.07, 6.45) is 10.3. The molecule has 0 aliphatic heterocycles. The van der Waals surface area contributed by atoms with Gasteiger partial charge < -0.3 is 0 Å². The summed E-state index contributed by atoms with van der Waals surface area (Å²) in [7, 11) is 4.30. The van der Waals surface area contributed by atoms with Gasteiger partial charge in [0.05, 0.1) is 0 Å². The molecular weight excluding hydrogens is 963 g/mol. The van der Waals surface area contributed by atoms with E-state index in [0.29, 0.717) is 0 Å². The van der Waals surface area contributed by atoms with Gasteiger partial charge >= 0.3 is 307 Å². The van der Waals surface area contributed by atoms with E-state index in [1.165, 1.54) is 7.61 Å². The van der Waals surface area contributed by atoms with Gasteiger partial charge in [0.1, 0.15) is 0 Å². The van der Waals surface area contributed by atoms with Crippen LogP contribution in [0.4, 0.5) is 0 Å². The van der Waals surface area contributed by atoms with E-state index in [-0.39, 0.29) is 0 Å². The van der Waals surface area contributed by atoms with Crippen LogP contribution in [-0.2, 0) is 64.6 Å². The summed E-state index contributed by atoms with van der Waals surface area (Å²) < 4.78 is 11.2. The molecular formula is C36H42N10Pt2-4. The van der Waals surface area contributed by atoms with Gasteiger partial charge in [-0.3, -0.25) is 0 Å². The number of rotatable bonds is 14. The molecule has 0 radical (unpaired) electrons. The number of aromatic nitrogens is 8. The van der Waals surface area contributed by atoms with Crippen LogP contribution in [0.5, 0.6) is 0 Å². The molecule has 4 aromatic heterocycles. The third-order valence-electron chi connectivity index (χ3n) is 7.87. The van der Waals surface area contributed by atoms with Crippen molar-refractivity contribution in [2.24, 2.45) is 0 Å².